The zero-order valence-corrected chi connectivity index (χ0v) is 13.8. The summed E-state index contributed by atoms with van der Waals surface area (Å²) < 4.78 is 2.17. The Morgan fingerprint density at radius 2 is 2.26 bits per heavy atom. The van der Waals surface area contributed by atoms with Crippen molar-refractivity contribution in [3.8, 4) is 0 Å². The molecule has 6 nitrogen and oxygen atoms in total. The first-order valence-corrected chi connectivity index (χ1v) is 6.76. The van der Waals surface area contributed by atoms with Crippen LogP contribution >= 0.6 is 24.0 Å². The van der Waals surface area contributed by atoms with Crippen LogP contribution in [0.25, 0.3) is 0 Å². The highest BCUT2D eigenvalue weighted by molar-refractivity contribution is 14.0. The molecule has 0 aromatic carbocycles. The highest BCUT2D eigenvalue weighted by atomic mass is 127. The number of guanidine groups is 1. The first-order valence-electron chi connectivity index (χ1n) is 6.76. The topological polar surface area (TPSA) is 81.1 Å². The second-order valence-electron chi connectivity index (χ2n) is 4.62. The van der Waals surface area contributed by atoms with Crippen molar-refractivity contribution in [3.05, 3.63) is 11.6 Å². The second kappa shape index (κ2) is 8.34. The molecule has 2 rings (SSSR count). The number of nitrogens with one attached hydrogen (secondary N) is 1. The van der Waals surface area contributed by atoms with Gasteiger partial charge in [-0.15, -0.1) is 34.2 Å². The smallest absolute Gasteiger partial charge is 0.189 e. The minimum absolute atomic E-state index is 0. The highest BCUT2D eigenvalue weighted by Gasteiger charge is 2.14. The zero-order chi connectivity index (χ0) is 12.8. The summed E-state index contributed by atoms with van der Waals surface area (Å²) >= 11 is 0. The van der Waals surface area contributed by atoms with Crippen LogP contribution in [0.3, 0.4) is 0 Å². The molecule has 0 unspecified atom stereocenters. The van der Waals surface area contributed by atoms with E-state index in [1.54, 1.807) is 0 Å². The summed E-state index contributed by atoms with van der Waals surface area (Å²) in [5.74, 6) is 2.51. The molecule has 0 saturated heterocycles. The van der Waals surface area contributed by atoms with Crippen molar-refractivity contribution in [2.75, 3.05) is 6.54 Å². The van der Waals surface area contributed by atoms with Crippen LogP contribution in [-0.2, 0) is 19.5 Å². The molecule has 0 fully saturated rings. The van der Waals surface area contributed by atoms with Gasteiger partial charge in [-0.25, -0.2) is 4.99 Å². The Kier molecular flexibility index (Phi) is 7.11. The molecule has 0 radical (unpaired) electrons. The van der Waals surface area contributed by atoms with Gasteiger partial charge in [-0.1, -0.05) is 13.3 Å². The molecule has 19 heavy (non-hydrogen) atoms. The minimum atomic E-state index is 0. The van der Waals surface area contributed by atoms with Gasteiger partial charge in [-0.05, 0) is 19.3 Å². The van der Waals surface area contributed by atoms with Crippen molar-refractivity contribution in [3.63, 3.8) is 0 Å². The molecule has 0 aliphatic carbocycles. The monoisotopic (exact) mass is 378 g/mol. The summed E-state index contributed by atoms with van der Waals surface area (Å²) in [7, 11) is 0. The fourth-order valence-electron chi connectivity index (χ4n) is 2.09. The van der Waals surface area contributed by atoms with Gasteiger partial charge in [0.2, 0.25) is 0 Å². The fraction of sp³-hybridized carbons (Fsp3) is 0.750. The molecule has 108 valence electrons. The summed E-state index contributed by atoms with van der Waals surface area (Å²) in [6, 6.07) is 0. The molecule has 7 heteroatoms. The van der Waals surface area contributed by atoms with E-state index in [1.807, 2.05) is 0 Å². The van der Waals surface area contributed by atoms with E-state index in [9.17, 15) is 0 Å². The molecule has 0 amide bonds. The van der Waals surface area contributed by atoms with Crippen LogP contribution in [0.1, 0.15) is 44.3 Å². The fourth-order valence-corrected chi connectivity index (χ4v) is 2.09. The van der Waals surface area contributed by atoms with Crippen molar-refractivity contribution >= 4 is 29.9 Å². The van der Waals surface area contributed by atoms with Gasteiger partial charge in [0.05, 0.1) is 0 Å². The lowest BCUT2D eigenvalue weighted by atomic mass is 10.2. The van der Waals surface area contributed by atoms with Crippen LogP contribution in [-0.4, -0.2) is 27.3 Å². The van der Waals surface area contributed by atoms with Crippen LogP contribution in [0.5, 0.6) is 0 Å². The number of hydrogen-bond donors (Lipinski definition) is 2. The van der Waals surface area contributed by atoms with E-state index in [4.69, 9.17) is 5.73 Å². The Labute approximate surface area is 131 Å². The number of unbranched alkanes of at least 4 members (excludes halogenated alkanes) is 1. The van der Waals surface area contributed by atoms with Gasteiger partial charge in [0.25, 0.3) is 0 Å². The highest BCUT2D eigenvalue weighted by Crippen LogP contribution is 2.14. The largest absolute Gasteiger partial charge is 0.370 e. The van der Waals surface area contributed by atoms with E-state index in [-0.39, 0.29) is 24.0 Å². The summed E-state index contributed by atoms with van der Waals surface area (Å²) in [4.78, 5) is 4.31. The Balaban J connectivity index is 0.00000180. The lowest BCUT2D eigenvalue weighted by molar-refractivity contribution is 0.508. The molecule has 2 heterocycles. The lowest BCUT2D eigenvalue weighted by Gasteiger charge is -2.13. The second-order valence-corrected chi connectivity index (χ2v) is 4.62. The SMILES string of the molecule is CCCCNC(N)=NCc1nnc2n1CCCC2.I. The summed E-state index contributed by atoms with van der Waals surface area (Å²) in [5, 5.41) is 11.5. The lowest BCUT2D eigenvalue weighted by Crippen LogP contribution is -2.32. The number of nitrogens with two attached hydrogens (primary N) is 1. The van der Waals surface area contributed by atoms with Crippen LogP contribution in [0.4, 0.5) is 0 Å². The van der Waals surface area contributed by atoms with Crippen molar-refractivity contribution in [1.29, 1.82) is 0 Å². The van der Waals surface area contributed by atoms with Gasteiger partial charge >= 0.3 is 0 Å². The third-order valence-corrected chi connectivity index (χ3v) is 3.16. The molecule has 1 aromatic heterocycles. The number of halogens is 1. The van der Waals surface area contributed by atoms with Gasteiger partial charge in [-0.2, -0.15) is 0 Å². The molecule has 1 aliphatic rings. The Morgan fingerprint density at radius 3 is 3.05 bits per heavy atom. The van der Waals surface area contributed by atoms with E-state index in [0.29, 0.717) is 12.5 Å². The number of nitrogens with zero attached hydrogens (tertiary/aromatic N) is 4. The molecule has 1 aromatic rings. The van der Waals surface area contributed by atoms with Crippen LogP contribution in [0.2, 0.25) is 0 Å². The van der Waals surface area contributed by atoms with Crippen molar-refractivity contribution in [1.82, 2.24) is 20.1 Å². The Hall–Kier alpha value is -0.860. The van der Waals surface area contributed by atoms with Crippen LogP contribution in [0, 0.1) is 0 Å². The molecule has 1 aliphatic heterocycles. The van der Waals surface area contributed by atoms with Crippen molar-refractivity contribution in [2.45, 2.75) is 52.1 Å². The van der Waals surface area contributed by atoms with E-state index in [2.05, 4.69) is 32.0 Å². The van der Waals surface area contributed by atoms with Crippen molar-refractivity contribution in [2.24, 2.45) is 10.7 Å². The number of aromatic nitrogens is 3. The standard InChI is InChI=1S/C12H22N6.HI/c1-2-3-7-14-12(13)15-9-11-17-16-10-6-4-5-8-18(10)11;/h2-9H2,1H3,(H3,13,14,15);1H. The van der Waals surface area contributed by atoms with E-state index in [1.165, 1.54) is 12.8 Å². The molecule has 0 spiro atoms. The number of fused-ring (bicyclic) bond motifs is 1. The number of aliphatic imine (C=N–C) groups is 1. The molecular weight excluding hydrogens is 355 g/mol. The van der Waals surface area contributed by atoms with E-state index in [0.717, 1.165) is 44.0 Å². The number of aryl methyl sites for hydroxylation is 1. The first-order chi connectivity index (χ1) is 8.81. The average Bonchev–Trinajstić information content (AvgIpc) is 2.80. The quantitative estimate of drug-likeness (QED) is 0.352. The number of hydrogen-bond acceptors (Lipinski definition) is 3. The minimum Gasteiger partial charge on any atom is -0.370 e. The normalized spacial score (nSPS) is 14.7. The summed E-state index contributed by atoms with van der Waals surface area (Å²) in [6.07, 6.45) is 5.70. The Bertz CT molecular complexity index is 414. The summed E-state index contributed by atoms with van der Waals surface area (Å²) in [5.41, 5.74) is 5.79. The maximum atomic E-state index is 5.79. The molecule has 0 saturated carbocycles. The molecule has 0 atom stereocenters. The average molecular weight is 378 g/mol. The zero-order valence-electron chi connectivity index (χ0n) is 11.4. The van der Waals surface area contributed by atoms with E-state index >= 15 is 0 Å². The predicted molar refractivity (Wildman–Crippen MR) is 86.6 cm³/mol. The Morgan fingerprint density at radius 1 is 1.42 bits per heavy atom. The summed E-state index contributed by atoms with van der Waals surface area (Å²) in [6.45, 7) is 4.55. The third kappa shape index (κ3) is 4.63. The third-order valence-electron chi connectivity index (χ3n) is 3.16. The molecular formula is C12H23IN6. The van der Waals surface area contributed by atoms with Gasteiger partial charge < -0.3 is 15.6 Å². The van der Waals surface area contributed by atoms with Gasteiger partial charge in [0, 0.05) is 19.5 Å². The molecule has 0 bridgehead atoms. The van der Waals surface area contributed by atoms with E-state index < -0.39 is 0 Å². The van der Waals surface area contributed by atoms with Gasteiger partial charge in [0.15, 0.2) is 11.8 Å². The maximum Gasteiger partial charge on any atom is 0.189 e. The maximum absolute atomic E-state index is 5.79. The van der Waals surface area contributed by atoms with Gasteiger partial charge in [-0.3, -0.25) is 0 Å². The van der Waals surface area contributed by atoms with Crippen LogP contribution in [0.15, 0.2) is 4.99 Å². The number of rotatable bonds is 5. The first kappa shape index (κ1) is 16.2. The molecule has 3 N–H and O–H groups in total. The predicted octanol–water partition coefficient (Wildman–Crippen LogP) is 1.44. The van der Waals surface area contributed by atoms with Gasteiger partial charge in [0.1, 0.15) is 12.4 Å². The van der Waals surface area contributed by atoms with Crippen LogP contribution < -0.4 is 11.1 Å². The van der Waals surface area contributed by atoms with Crippen molar-refractivity contribution < 1.29 is 0 Å².